The van der Waals surface area contributed by atoms with Gasteiger partial charge in [0.05, 0.1) is 0 Å². The number of carboxylic acid groups (broad SMARTS) is 1. The molecule has 18 heavy (non-hydrogen) atoms. The van der Waals surface area contributed by atoms with E-state index in [9.17, 15) is 9.90 Å². The van der Waals surface area contributed by atoms with Gasteiger partial charge in [-0.2, -0.15) is 0 Å². The monoisotopic (exact) mass is 253 g/mol. The molecule has 0 saturated carbocycles. The van der Waals surface area contributed by atoms with Gasteiger partial charge in [-0.25, -0.2) is 0 Å². The Bertz CT molecular complexity index is 349. The second kappa shape index (κ2) is 4.47. The number of likely N-dealkylation sites (tertiary alicyclic amines) is 1. The first-order chi connectivity index (χ1) is 8.60. The second-order valence-electron chi connectivity index (χ2n) is 6.14. The van der Waals surface area contributed by atoms with Gasteiger partial charge in [-0.1, -0.05) is 6.42 Å². The SMILES string of the molecule is NC1(C(=O)O)CCN(C2CCN3CCCCC23)C1. The van der Waals surface area contributed by atoms with Crippen molar-refractivity contribution in [2.75, 3.05) is 26.2 Å². The van der Waals surface area contributed by atoms with Gasteiger partial charge in [0.1, 0.15) is 5.54 Å². The average Bonchev–Trinajstić information content (AvgIpc) is 2.93. The van der Waals surface area contributed by atoms with E-state index < -0.39 is 11.5 Å². The molecule has 3 rings (SSSR count). The topological polar surface area (TPSA) is 69.8 Å². The maximum atomic E-state index is 11.2. The Labute approximate surface area is 108 Å². The first kappa shape index (κ1) is 12.4. The van der Waals surface area contributed by atoms with E-state index in [1.54, 1.807) is 0 Å². The summed E-state index contributed by atoms with van der Waals surface area (Å²) in [5.41, 5.74) is 4.96. The van der Waals surface area contributed by atoms with Crippen LogP contribution in [0.15, 0.2) is 0 Å². The van der Waals surface area contributed by atoms with Crippen LogP contribution in [0.3, 0.4) is 0 Å². The lowest BCUT2D eigenvalue weighted by Gasteiger charge is -2.36. The molecular weight excluding hydrogens is 230 g/mol. The molecule has 3 aliphatic rings. The normalized spacial score (nSPS) is 42.1. The van der Waals surface area contributed by atoms with Crippen LogP contribution in [0.4, 0.5) is 0 Å². The lowest BCUT2D eigenvalue weighted by Crippen LogP contribution is -2.53. The Kier molecular flexibility index (Phi) is 3.08. The predicted octanol–water partition coefficient (Wildman–Crippen LogP) is 0.101. The van der Waals surface area contributed by atoms with Crippen molar-refractivity contribution in [1.29, 1.82) is 0 Å². The number of piperidine rings is 1. The van der Waals surface area contributed by atoms with Gasteiger partial charge in [-0.05, 0) is 32.2 Å². The summed E-state index contributed by atoms with van der Waals surface area (Å²) in [6.07, 6.45) is 5.68. The summed E-state index contributed by atoms with van der Waals surface area (Å²) in [6, 6.07) is 1.19. The third-order valence-electron chi connectivity index (χ3n) is 5.05. The van der Waals surface area contributed by atoms with Crippen molar-refractivity contribution < 1.29 is 9.90 Å². The molecule has 3 atom stereocenters. The summed E-state index contributed by atoms with van der Waals surface area (Å²) in [4.78, 5) is 16.1. The predicted molar refractivity (Wildman–Crippen MR) is 68.4 cm³/mol. The Morgan fingerprint density at radius 3 is 2.61 bits per heavy atom. The van der Waals surface area contributed by atoms with Crippen LogP contribution in [0.5, 0.6) is 0 Å². The summed E-state index contributed by atoms with van der Waals surface area (Å²) in [5.74, 6) is -0.844. The highest BCUT2D eigenvalue weighted by molar-refractivity contribution is 5.79. The molecule has 0 aliphatic carbocycles. The molecule has 0 bridgehead atoms. The smallest absolute Gasteiger partial charge is 0.325 e. The first-order valence-electron chi connectivity index (χ1n) is 7.10. The molecule has 0 amide bonds. The molecule has 0 radical (unpaired) electrons. The van der Waals surface area contributed by atoms with E-state index >= 15 is 0 Å². The molecule has 3 heterocycles. The van der Waals surface area contributed by atoms with Crippen molar-refractivity contribution >= 4 is 5.97 Å². The number of hydrogen-bond donors (Lipinski definition) is 2. The zero-order chi connectivity index (χ0) is 12.8. The van der Waals surface area contributed by atoms with Crippen molar-refractivity contribution in [3.8, 4) is 0 Å². The van der Waals surface area contributed by atoms with Gasteiger partial charge in [-0.15, -0.1) is 0 Å². The van der Waals surface area contributed by atoms with Crippen LogP contribution in [0.2, 0.25) is 0 Å². The van der Waals surface area contributed by atoms with E-state index in [0.717, 1.165) is 6.54 Å². The van der Waals surface area contributed by atoms with Gasteiger partial charge < -0.3 is 10.8 Å². The minimum Gasteiger partial charge on any atom is -0.480 e. The van der Waals surface area contributed by atoms with Crippen LogP contribution in [0.1, 0.15) is 32.1 Å². The van der Waals surface area contributed by atoms with Crippen LogP contribution < -0.4 is 5.73 Å². The van der Waals surface area contributed by atoms with Crippen molar-refractivity contribution in [2.24, 2.45) is 5.73 Å². The molecule has 102 valence electrons. The number of carbonyl (C=O) groups is 1. The molecule has 0 aromatic heterocycles. The standard InChI is InChI=1S/C13H23N3O2/c14-13(12(17)18)5-8-16(9-13)11-4-7-15-6-2-1-3-10(11)15/h10-11H,1-9,14H2,(H,17,18). The first-order valence-corrected chi connectivity index (χ1v) is 7.10. The largest absolute Gasteiger partial charge is 0.480 e. The van der Waals surface area contributed by atoms with Gasteiger partial charge in [0, 0.05) is 31.7 Å². The zero-order valence-corrected chi connectivity index (χ0v) is 10.8. The van der Waals surface area contributed by atoms with Gasteiger partial charge in [-0.3, -0.25) is 14.6 Å². The summed E-state index contributed by atoms with van der Waals surface area (Å²) >= 11 is 0. The number of fused-ring (bicyclic) bond motifs is 1. The van der Waals surface area contributed by atoms with E-state index in [1.807, 2.05) is 0 Å². The van der Waals surface area contributed by atoms with Crippen LogP contribution in [-0.2, 0) is 4.79 Å². The highest BCUT2D eigenvalue weighted by Crippen LogP contribution is 2.33. The highest BCUT2D eigenvalue weighted by Gasteiger charge is 2.47. The van der Waals surface area contributed by atoms with Crippen LogP contribution >= 0.6 is 0 Å². The summed E-state index contributed by atoms with van der Waals surface area (Å²) in [6.45, 7) is 3.77. The Hall–Kier alpha value is -0.650. The lowest BCUT2D eigenvalue weighted by atomic mass is 9.97. The number of carboxylic acids is 1. The van der Waals surface area contributed by atoms with Crippen molar-refractivity contribution in [3.63, 3.8) is 0 Å². The van der Waals surface area contributed by atoms with Gasteiger partial charge in [0.25, 0.3) is 0 Å². The molecule has 5 heteroatoms. The Morgan fingerprint density at radius 1 is 1.11 bits per heavy atom. The molecular formula is C13H23N3O2. The summed E-state index contributed by atoms with van der Waals surface area (Å²) < 4.78 is 0. The maximum absolute atomic E-state index is 11.2. The molecule has 3 fully saturated rings. The van der Waals surface area contributed by atoms with Crippen molar-refractivity contribution in [3.05, 3.63) is 0 Å². The van der Waals surface area contributed by atoms with Gasteiger partial charge in [0.2, 0.25) is 0 Å². The van der Waals surface area contributed by atoms with E-state index in [0.29, 0.717) is 25.0 Å². The quantitative estimate of drug-likeness (QED) is 0.730. The molecule has 3 aliphatic heterocycles. The molecule has 3 unspecified atom stereocenters. The minimum absolute atomic E-state index is 0.525. The third kappa shape index (κ3) is 1.94. The van der Waals surface area contributed by atoms with E-state index in [-0.39, 0.29) is 0 Å². The second-order valence-corrected chi connectivity index (χ2v) is 6.14. The number of aliphatic carboxylic acids is 1. The van der Waals surface area contributed by atoms with Gasteiger partial charge >= 0.3 is 5.97 Å². The van der Waals surface area contributed by atoms with Crippen LogP contribution in [0, 0.1) is 0 Å². The van der Waals surface area contributed by atoms with Crippen LogP contribution in [-0.4, -0.2) is 64.7 Å². The lowest BCUT2D eigenvalue weighted by molar-refractivity contribution is -0.142. The van der Waals surface area contributed by atoms with Crippen molar-refractivity contribution in [2.45, 2.75) is 49.7 Å². The number of hydrogen-bond acceptors (Lipinski definition) is 4. The Morgan fingerprint density at radius 2 is 1.89 bits per heavy atom. The number of nitrogens with two attached hydrogens (primary N) is 1. The maximum Gasteiger partial charge on any atom is 0.325 e. The summed E-state index contributed by atoms with van der Waals surface area (Å²) in [7, 11) is 0. The summed E-state index contributed by atoms with van der Waals surface area (Å²) in [5, 5.41) is 9.20. The number of rotatable bonds is 2. The molecule has 5 nitrogen and oxygen atoms in total. The van der Waals surface area contributed by atoms with Gasteiger partial charge in [0.15, 0.2) is 0 Å². The molecule has 3 N–H and O–H groups in total. The van der Waals surface area contributed by atoms with Crippen LogP contribution in [0.25, 0.3) is 0 Å². The average molecular weight is 253 g/mol. The fourth-order valence-electron chi connectivity index (χ4n) is 3.97. The fourth-order valence-corrected chi connectivity index (χ4v) is 3.97. The van der Waals surface area contributed by atoms with Crippen molar-refractivity contribution in [1.82, 2.24) is 9.80 Å². The zero-order valence-electron chi connectivity index (χ0n) is 10.8. The van der Waals surface area contributed by atoms with E-state index in [4.69, 9.17) is 5.73 Å². The third-order valence-corrected chi connectivity index (χ3v) is 5.05. The van der Waals surface area contributed by atoms with E-state index in [1.165, 1.54) is 38.8 Å². The highest BCUT2D eigenvalue weighted by atomic mass is 16.4. The molecule has 3 saturated heterocycles. The van der Waals surface area contributed by atoms with E-state index in [2.05, 4.69) is 9.80 Å². The number of nitrogens with zero attached hydrogens (tertiary/aromatic N) is 2. The Balaban J connectivity index is 1.68. The molecule has 0 aromatic rings. The minimum atomic E-state index is -1.01. The fraction of sp³-hybridized carbons (Fsp3) is 0.923. The molecule has 0 spiro atoms. The molecule has 0 aromatic carbocycles.